The molecule has 1 heterocycles. The van der Waals surface area contributed by atoms with E-state index in [4.69, 9.17) is 0 Å². The smallest absolute Gasteiger partial charge is 0.182 e. The Hall–Kier alpha value is -1.65. The van der Waals surface area contributed by atoms with Crippen LogP contribution in [0.25, 0.3) is 10.1 Å². The fraction of sp³-hybridized carbons (Fsp3) is 0.125. The Morgan fingerprint density at radius 3 is 2.50 bits per heavy atom. The molecule has 0 fully saturated rings. The lowest BCUT2D eigenvalue weighted by molar-refractivity contribution is 0.595. The van der Waals surface area contributed by atoms with E-state index in [-0.39, 0.29) is 5.75 Å². The van der Waals surface area contributed by atoms with Crippen molar-refractivity contribution in [1.29, 1.82) is 0 Å². The molecular formula is C16H14O2S2. The van der Waals surface area contributed by atoms with E-state index in [0.717, 1.165) is 15.6 Å². The number of hydrogen-bond donors (Lipinski definition) is 0. The average Bonchev–Trinajstić information content (AvgIpc) is 2.83. The highest BCUT2D eigenvalue weighted by atomic mass is 32.2. The van der Waals surface area contributed by atoms with Crippen LogP contribution >= 0.6 is 11.3 Å². The fourth-order valence-electron chi connectivity index (χ4n) is 2.27. The van der Waals surface area contributed by atoms with Gasteiger partial charge in [0.15, 0.2) is 9.84 Å². The number of hydrogen-bond acceptors (Lipinski definition) is 3. The molecule has 0 atom stereocenters. The molecule has 0 radical (unpaired) electrons. The first kappa shape index (κ1) is 13.3. The van der Waals surface area contributed by atoms with E-state index in [1.165, 1.54) is 5.56 Å². The number of thiophene rings is 1. The normalized spacial score (nSPS) is 11.8. The maximum absolute atomic E-state index is 12.5. The van der Waals surface area contributed by atoms with Gasteiger partial charge in [0.25, 0.3) is 0 Å². The van der Waals surface area contributed by atoms with Crippen molar-refractivity contribution >= 4 is 31.3 Å². The van der Waals surface area contributed by atoms with E-state index in [9.17, 15) is 8.42 Å². The largest absolute Gasteiger partial charge is 0.223 e. The second-order valence-corrected chi connectivity index (χ2v) is 7.65. The van der Waals surface area contributed by atoms with Crippen LogP contribution in [0.1, 0.15) is 11.1 Å². The summed E-state index contributed by atoms with van der Waals surface area (Å²) in [4.78, 5) is 0.380. The van der Waals surface area contributed by atoms with Crippen molar-refractivity contribution in [3.8, 4) is 0 Å². The molecule has 3 rings (SSSR count). The zero-order valence-electron chi connectivity index (χ0n) is 11.0. The molecule has 0 spiro atoms. The highest BCUT2D eigenvalue weighted by Crippen LogP contribution is 2.30. The van der Waals surface area contributed by atoms with Crippen LogP contribution in [0, 0.1) is 6.92 Å². The van der Waals surface area contributed by atoms with Gasteiger partial charge in [-0.15, -0.1) is 11.3 Å². The van der Waals surface area contributed by atoms with Crippen molar-refractivity contribution in [2.45, 2.75) is 17.6 Å². The molecule has 2 aromatic carbocycles. The average molecular weight is 302 g/mol. The molecule has 0 saturated carbocycles. The van der Waals surface area contributed by atoms with E-state index < -0.39 is 9.84 Å². The molecule has 0 amide bonds. The molecular weight excluding hydrogens is 288 g/mol. The van der Waals surface area contributed by atoms with E-state index >= 15 is 0 Å². The highest BCUT2D eigenvalue weighted by Gasteiger charge is 2.17. The zero-order valence-corrected chi connectivity index (χ0v) is 12.7. The lowest BCUT2D eigenvalue weighted by atomic mass is 10.1. The van der Waals surface area contributed by atoms with Gasteiger partial charge in [-0.25, -0.2) is 8.42 Å². The molecule has 0 unspecified atom stereocenters. The van der Waals surface area contributed by atoms with Crippen LogP contribution in [0.4, 0.5) is 0 Å². The third-order valence-corrected chi connectivity index (χ3v) is 6.19. The Balaban J connectivity index is 2.06. The van der Waals surface area contributed by atoms with E-state index in [1.54, 1.807) is 35.6 Å². The lowest BCUT2D eigenvalue weighted by Gasteiger charge is -2.06. The quantitative estimate of drug-likeness (QED) is 0.727. The predicted octanol–water partition coefficient (Wildman–Crippen LogP) is 4.18. The number of aryl methyl sites for hydroxylation is 1. The minimum absolute atomic E-state index is 0.0499. The maximum Gasteiger partial charge on any atom is 0.182 e. The minimum atomic E-state index is -3.29. The summed E-state index contributed by atoms with van der Waals surface area (Å²) in [6.45, 7) is 2.05. The Morgan fingerprint density at radius 2 is 1.75 bits per heavy atom. The van der Waals surface area contributed by atoms with Gasteiger partial charge in [-0.05, 0) is 40.9 Å². The van der Waals surface area contributed by atoms with Gasteiger partial charge < -0.3 is 0 Å². The van der Waals surface area contributed by atoms with Crippen LogP contribution in [0.5, 0.6) is 0 Å². The van der Waals surface area contributed by atoms with E-state index in [1.807, 2.05) is 31.2 Å². The summed E-state index contributed by atoms with van der Waals surface area (Å²) < 4.78 is 26.0. The number of rotatable bonds is 3. The molecule has 0 aliphatic rings. The lowest BCUT2D eigenvalue weighted by Crippen LogP contribution is -2.04. The molecule has 2 nitrogen and oxygen atoms in total. The van der Waals surface area contributed by atoms with Crippen LogP contribution < -0.4 is 0 Å². The van der Waals surface area contributed by atoms with Crippen LogP contribution in [0.2, 0.25) is 0 Å². The predicted molar refractivity (Wildman–Crippen MR) is 83.9 cm³/mol. The summed E-state index contributed by atoms with van der Waals surface area (Å²) in [5, 5.41) is 3.22. The van der Waals surface area contributed by atoms with Crippen LogP contribution in [0.3, 0.4) is 0 Å². The summed E-state index contributed by atoms with van der Waals surface area (Å²) in [6, 6.07) is 14.5. The van der Waals surface area contributed by atoms with Crippen LogP contribution in [-0.2, 0) is 15.6 Å². The van der Waals surface area contributed by atoms with Crippen LogP contribution in [0.15, 0.2) is 58.8 Å². The first-order chi connectivity index (χ1) is 9.58. The first-order valence-corrected chi connectivity index (χ1v) is 8.84. The first-order valence-electron chi connectivity index (χ1n) is 6.31. The van der Waals surface area contributed by atoms with Gasteiger partial charge in [-0.2, -0.15) is 0 Å². The summed E-state index contributed by atoms with van der Waals surface area (Å²) in [6.07, 6.45) is 0. The molecule has 4 heteroatoms. The monoisotopic (exact) mass is 302 g/mol. The Kier molecular flexibility index (Phi) is 3.36. The number of fused-ring (bicyclic) bond motifs is 1. The molecule has 0 aliphatic heterocycles. The Bertz CT molecular complexity index is 847. The van der Waals surface area contributed by atoms with Crippen molar-refractivity contribution in [3.63, 3.8) is 0 Å². The fourth-order valence-corrected chi connectivity index (χ4v) is 4.82. The minimum Gasteiger partial charge on any atom is -0.223 e. The van der Waals surface area contributed by atoms with Gasteiger partial charge in [-0.1, -0.05) is 36.4 Å². The van der Waals surface area contributed by atoms with Gasteiger partial charge in [0.1, 0.15) is 0 Å². The van der Waals surface area contributed by atoms with Crippen LogP contribution in [-0.4, -0.2) is 8.42 Å². The van der Waals surface area contributed by atoms with Crippen molar-refractivity contribution in [2.24, 2.45) is 0 Å². The second kappa shape index (κ2) is 5.04. The topological polar surface area (TPSA) is 34.1 Å². The van der Waals surface area contributed by atoms with Crippen molar-refractivity contribution < 1.29 is 8.42 Å². The summed E-state index contributed by atoms with van der Waals surface area (Å²) in [5.41, 5.74) is 2.08. The molecule has 0 N–H and O–H groups in total. The molecule has 0 bridgehead atoms. The van der Waals surface area contributed by atoms with Gasteiger partial charge >= 0.3 is 0 Å². The number of benzene rings is 2. The number of sulfone groups is 1. The molecule has 1 aromatic heterocycles. The maximum atomic E-state index is 12.5. The van der Waals surface area contributed by atoms with Crippen molar-refractivity contribution in [1.82, 2.24) is 0 Å². The second-order valence-electron chi connectivity index (χ2n) is 4.78. The summed E-state index contributed by atoms with van der Waals surface area (Å²) in [7, 11) is -3.29. The van der Waals surface area contributed by atoms with Crippen molar-refractivity contribution in [3.05, 3.63) is 65.0 Å². The van der Waals surface area contributed by atoms with Crippen molar-refractivity contribution in [2.75, 3.05) is 0 Å². The third kappa shape index (κ3) is 2.37. The Morgan fingerprint density at radius 1 is 1.00 bits per heavy atom. The van der Waals surface area contributed by atoms with Gasteiger partial charge in [0.05, 0.1) is 10.6 Å². The SMILES string of the molecule is Cc1csc2c(CS(=O)(=O)c3ccccc3)cccc12. The summed E-state index contributed by atoms with van der Waals surface area (Å²) >= 11 is 1.61. The molecule has 0 saturated heterocycles. The van der Waals surface area contributed by atoms with E-state index in [0.29, 0.717) is 4.90 Å². The van der Waals surface area contributed by atoms with E-state index in [2.05, 4.69) is 5.38 Å². The highest BCUT2D eigenvalue weighted by molar-refractivity contribution is 7.90. The zero-order chi connectivity index (χ0) is 14.2. The summed E-state index contributed by atoms with van der Waals surface area (Å²) in [5.74, 6) is 0.0499. The Labute approximate surface area is 122 Å². The van der Waals surface area contributed by atoms with Gasteiger partial charge in [0.2, 0.25) is 0 Å². The van der Waals surface area contributed by atoms with Gasteiger partial charge in [-0.3, -0.25) is 0 Å². The third-order valence-electron chi connectivity index (χ3n) is 3.32. The molecule has 3 aromatic rings. The molecule has 20 heavy (non-hydrogen) atoms. The van der Waals surface area contributed by atoms with Gasteiger partial charge in [0, 0.05) is 4.70 Å². The standard InChI is InChI=1S/C16H14O2S2/c1-12-10-19-16-13(6-5-9-15(12)16)11-20(17,18)14-7-3-2-4-8-14/h2-10H,11H2,1H3. The molecule has 0 aliphatic carbocycles. The molecule has 102 valence electrons.